The lowest BCUT2D eigenvalue weighted by atomic mass is 10.1. The standard InChI is InChI=1S/C23H22FN3O2/c24-19-11-5-7-13-21(19)27-22(28)16-26-20-12-6-4-10-18(20)23(29)25-15-14-17-8-2-1-3-9-17/h1-13,26H,14-16H2,(H,25,29)(H,27,28). The van der Waals surface area contributed by atoms with Crippen molar-refractivity contribution in [2.45, 2.75) is 6.42 Å². The molecule has 0 saturated heterocycles. The van der Waals surface area contributed by atoms with E-state index in [0.29, 0.717) is 17.8 Å². The van der Waals surface area contributed by atoms with E-state index in [1.165, 1.54) is 12.1 Å². The molecule has 0 heterocycles. The summed E-state index contributed by atoms with van der Waals surface area (Å²) in [5.74, 6) is -1.13. The van der Waals surface area contributed by atoms with Crippen LogP contribution in [0.15, 0.2) is 78.9 Å². The molecule has 0 aliphatic heterocycles. The third-order valence-corrected chi connectivity index (χ3v) is 4.30. The first kappa shape index (κ1) is 20.1. The lowest BCUT2D eigenvalue weighted by Crippen LogP contribution is -2.28. The number of anilines is 2. The van der Waals surface area contributed by atoms with Crippen molar-refractivity contribution >= 4 is 23.2 Å². The first-order valence-corrected chi connectivity index (χ1v) is 9.33. The second-order valence-electron chi connectivity index (χ2n) is 6.42. The van der Waals surface area contributed by atoms with Crippen molar-refractivity contribution in [2.75, 3.05) is 23.7 Å². The van der Waals surface area contributed by atoms with Gasteiger partial charge in [-0.15, -0.1) is 0 Å². The fourth-order valence-electron chi connectivity index (χ4n) is 2.83. The third kappa shape index (κ3) is 5.90. The summed E-state index contributed by atoms with van der Waals surface area (Å²) in [5, 5.41) is 8.34. The lowest BCUT2D eigenvalue weighted by Gasteiger charge is -2.13. The Morgan fingerprint density at radius 3 is 2.21 bits per heavy atom. The van der Waals surface area contributed by atoms with Crippen LogP contribution in [0.2, 0.25) is 0 Å². The predicted molar refractivity (Wildman–Crippen MR) is 112 cm³/mol. The number of carbonyl (C=O) groups excluding carboxylic acids is 2. The molecule has 3 N–H and O–H groups in total. The molecule has 0 fully saturated rings. The van der Waals surface area contributed by atoms with Crippen molar-refractivity contribution in [3.05, 3.63) is 95.8 Å². The SMILES string of the molecule is O=C(CNc1ccccc1C(=O)NCCc1ccccc1)Nc1ccccc1F. The molecule has 0 saturated carbocycles. The predicted octanol–water partition coefficient (Wildman–Crippen LogP) is 3.85. The van der Waals surface area contributed by atoms with Crippen molar-refractivity contribution in [2.24, 2.45) is 0 Å². The van der Waals surface area contributed by atoms with E-state index >= 15 is 0 Å². The Labute approximate surface area is 169 Å². The van der Waals surface area contributed by atoms with Crippen molar-refractivity contribution in [3.63, 3.8) is 0 Å². The van der Waals surface area contributed by atoms with Gasteiger partial charge in [-0.05, 0) is 36.2 Å². The highest BCUT2D eigenvalue weighted by Crippen LogP contribution is 2.16. The minimum Gasteiger partial charge on any atom is -0.376 e. The van der Waals surface area contributed by atoms with Gasteiger partial charge in [-0.25, -0.2) is 4.39 Å². The van der Waals surface area contributed by atoms with E-state index in [1.54, 1.807) is 36.4 Å². The Bertz CT molecular complexity index is 977. The lowest BCUT2D eigenvalue weighted by molar-refractivity contribution is -0.114. The Kier molecular flexibility index (Phi) is 6.95. The van der Waals surface area contributed by atoms with E-state index in [0.717, 1.165) is 12.0 Å². The summed E-state index contributed by atoms with van der Waals surface area (Å²) in [4.78, 5) is 24.6. The molecule has 148 valence electrons. The Balaban J connectivity index is 1.54. The van der Waals surface area contributed by atoms with Gasteiger partial charge in [0, 0.05) is 12.2 Å². The van der Waals surface area contributed by atoms with Gasteiger partial charge in [0.1, 0.15) is 5.82 Å². The highest BCUT2D eigenvalue weighted by Gasteiger charge is 2.12. The van der Waals surface area contributed by atoms with Gasteiger partial charge >= 0.3 is 0 Å². The van der Waals surface area contributed by atoms with Gasteiger partial charge in [0.25, 0.3) is 5.91 Å². The van der Waals surface area contributed by atoms with Crippen LogP contribution < -0.4 is 16.0 Å². The smallest absolute Gasteiger partial charge is 0.253 e. The highest BCUT2D eigenvalue weighted by atomic mass is 19.1. The molecule has 0 bridgehead atoms. The molecule has 0 unspecified atom stereocenters. The van der Waals surface area contributed by atoms with Crippen LogP contribution in [0.5, 0.6) is 0 Å². The molecule has 0 spiro atoms. The minimum atomic E-state index is -0.501. The van der Waals surface area contributed by atoms with Crippen LogP contribution in [0.4, 0.5) is 15.8 Å². The Morgan fingerprint density at radius 2 is 1.45 bits per heavy atom. The average molecular weight is 391 g/mol. The van der Waals surface area contributed by atoms with Gasteiger partial charge in [0.2, 0.25) is 5.91 Å². The molecular weight excluding hydrogens is 369 g/mol. The molecule has 3 rings (SSSR count). The van der Waals surface area contributed by atoms with Crippen LogP contribution in [0.25, 0.3) is 0 Å². The maximum Gasteiger partial charge on any atom is 0.253 e. The minimum absolute atomic E-state index is 0.0946. The first-order valence-electron chi connectivity index (χ1n) is 9.33. The molecule has 3 aromatic rings. The van der Waals surface area contributed by atoms with E-state index in [-0.39, 0.29) is 18.1 Å². The molecule has 0 aliphatic carbocycles. The maximum absolute atomic E-state index is 13.6. The summed E-state index contributed by atoms with van der Waals surface area (Å²) in [6, 6.07) is 22.8. The zero-order chi connectivity index (χ0) is 20.5. The van der Waals surface area contributed by atoms with Crippen LogP contribution in [0.1, 0.15) is 15.9 Å². The summed E-state index contributed by atoms with van der Waals surface area (Å²) in [5.41, 5.74) is 2.24. The summed E-state index contributed by atoms with van der Waals surface area (Å²) < 4.78 is 13.6. The quantitative estimate of drug-likeness (QED) is 0.546. The summed E-state index contributed by atoms with van der Waals surface area (Å²) >= 11 is 0. The topological polar surface area (TPSA) is 70.2 Å². The molecule has 29 heavy (non-hydrogen) atoms. The highest BCUT2D eigenvalue weighted by molar-refractivity contribution is 6.00. The zero-order valence-electron chi connectivity index (χ0n) is 15.8. The van der Waals surface area contributed by atoms with E-state index in [4.69, 9.17) is 0 Å². The van der Waals surface area contributed by atoms with Crippen molar-refractivity contribution in [1.29, 1.82) is 0 Å². The molecule has 0 atom stereocenters. The normalized spacial score (nSPS) is 10.2. The van der Waals surface area contributed by atoms with E-state index in [1.807, 2.05) is 30.3 Å². The van der Waals surface area contributed by atoms with Gasteiger partial charge < -0.3 is 16.0 Å². The van der Waals surface area contributed by atoms with Crippen LogP contribution in [-0.4, -0.2) is 24.9 Å². The summed E-state index contributed by atoms with van der Waals surface area (Å²) in [6.45, 7) is 0.410. The van der Waals surface area contributed by atoms with Gasteiger partial charge in [-0.2, -0.15) is 0 Å². The van der Waals surface area contributed by atoms with Crippen molar-refractivity contribution in [1.82, 2.24) is 5.32 Å². The van der Waals surface area contributed by atoms with Crippen LogP contribution >= 0.6 is 0 Å². The fraction of sp³-hybridized carbons (Fsp3) is 0.130. The molecular formula is C23H22FN3O2. The number of nitrogens with one attached hydrogen (secondary N) is 3. The van der Waals surface area contributed by atoms with E-state index < -0.39 is 11.7 Å². The number of hydrogen-bond acceptors (Lipinski definition) is 3. The Hall–Kier alpha value is -3.67. The Morgan fingerprint density at radius 1 is 0.793 bits per heavy atom. The first-order chi connectivity index (χ1) is 14.1. The maximum atomic E-state index is 13.6. The van der Waals surface area contributed by atoms with Crippen LogP contribution in [0, 0.1) is 5.82 Å². The number of para-hydroxylation sites is 2. The molecule has 0 aromatic heterocycles. The molecule has 0 radical (unpaired) electrons. The van der Waals surface area contributed by atoms with Crippen LogP contribution in [-0.2, 0) is 11.2 Å². The third-order valence-electron chi connectivity index (χ3n) is 4.30. The number of benzene rings is 3. The summed E-state index contributed by atoms with van der Waals surface area (Å²) in [6.07, 6.45) is 0.729. The van der Waals surface area contributed by atoms with E-state index in [9.17, 15) is 14.0 Å². The summed E-state index contributed by atoms with van der Waals surface area (Å²) in [7, 11) is 0. The number of rotatable bonds is 8. The van der Waals surface area contributed by atoms with Gasteiger partial charge in [0.05, 0.1) is 17.8 Å². The molecule has 5 nitrogen and oxygen atoms in total. The van der Waals surface area contributed by atoms with E-state index in [2.05, 4.69) is 16.0 Å². The van der Waals surface area contributed by atoms with Gasteiger partial charge in [-0.1, -0.05) is 54.6 Å². The molecule has 0 aliphatic rings. The second-order valence-corrected chi connectivity index (χ2v) is 6.42. The zero-order valence-corrected chi connectivity index (χ0v) is 15.8. The number of carbonyl (C=O) groups is 2. The fourth-order valence-corrected chi connectivity index (χ4v) is 2.83. The van der Waals surface area contributed by atoms with Crippen molar-refractivity contribution in [3.8, 4) is 0 Å². The number of halogens is 1. The second kappa shape index (κ2) is 10.0. The van der Waals surface area contributed by atoms with Gasteiger partial charge in [0.15, 0.2) is 0 Å². The average Bonchev–Trinajstić information content (AvgIpc) is 2.75. The number of amides is 2. The molecule has 2 amide bonds. The van der Waals surface area contributed by atoms with Gasteiger partial charge in [-0.3, -0.25) is 9.59 Å². The monoisotopic (exact) mass is 391 g/mol. The largest absolute Gasteiger partial charge is 0.376 e. The van der Waals surface area contributed by atoms with Crippen LogP contribution in [0.3, 0.4) is 0 Å². The van der Waals surface area contributed by atoms with Crippen molar-refractivity contribution < 1.29 is 14.0 Å². The molecule has 6 heteroatoms. The molecule has 3 aromatic carbocycles. The number of hydrogen-bond donors (Lipinski definition) is 3.